The Balaban J connectivity index is 2.15. The molecular formula is C12H18BrNO. The molecule has 0 heterocycles. The topological polar surface area (TPSA) is 21.3 Å². The standard InChI is InChI=1S/C12H18BrNO/c1-10(2)9-15-7-6-14-12-5-3-4-11(13)8-12/h3-5,8,10,14H,6-7,9H2,1-2H3. The Morgan fingerprint density at radius 3 is 2.87 bits per heavy atom. The number of nitrogens with one attached hydrogen (secondary N) is 1. The smallest absolute Gasteiger partial charge is 0.0639 e. The summed E-state index contributed by atoms with van der Waals surface area (Å²) in [6.45, 7) is 6.75. The Morgan fingerprint density at radius 1 is 1.40 bits per heavy atom. The second kappa shape index (κ2) is 6.85. The lowest BCUT2D eigenvalue weighted by Crippen LogP contribution is -2.11. The van der Waals surface area contributed by atoms with Crippen molar-refractivity contribution in [3.05, 3.63) is 28.7 Å². The van der Waals surface area contributed by atoms with Gasteiger partial charge in [0.1, 0.15) is 0 Å². The van der Waals surface area contributed by atoms with Crippen molar-refractivity contribution < 1.29 is 4.74 Å². The fourth-order valence-electron chi connectivity index (χ4n) is 1.19. The van der Waals surface area contributed by atoms with E-state index < -0.39 is 0 Å². The van der Waals surface area contributed by atoms with Crippen LogP contribution in [0.25, 0.3) is 0 Å². The minimum Gasteiger partial charge on any atom is -0.383 e. The lowest BCUT2D eigenvalue weighted by molar-refractivity contribution is 0.118. The van der Waals surface area contributed by atoms with Crippen molar-refractivity contribution in [3.63, 3.8) is 0 Å². The molecule has 84 valence electrons. The molecule has 0 saturated carbocycles. The molecule has 0 unspecified atom stereocenters. The minimum atomic E-state index is 0.607. The molecule has 1 rings (SSSR count). The molecule has 15 heavy (non-hydrogen) atoms. The molecule has 0 spiro atoms. The van der Waals surface area contributed by atoms with Crippen LogP contribution in [-0.4, -0.2) is 19.8 Å². The summed E-state index contributed by atoms with van der Waals surface area (Å²) in [7, 11) is 0. The summed E-state index contributed by atoms with van der Waals surface area (Å²) in [5, 5.41) is 3.30. The summed E-state index contributed by atoms with van der Waals surface area (Å²) < 4.78 is 6.57. The van der Waals surface area contributed by atoms with Gasteiger partial charge in [0, 0.05) is 23.3 Å². The zero-order valence-corrected chi connectivity index (χ0v) is 10.9. The summed E-state index contributed by atoms with van der Waals surface area (Å²) in [5.74, 6) is 0.607. The second-order valence-corrected chi connectivity index (χ2v) is 4.82. The summed E-state index contributed by atoms with van der Waals surface area (Å²) in [4.78, 5) is 0. The molecule has 3 heteroatoms. The molecular weight excluding hydrogens is 254 g/mol. The third kappa shape index (κ3) is 5.80. The van der Waals surface area contributed by atoms with Crippen LogP contribution in [-0.2, 0) is 4.74 Å². The van der Waals surface area contributed by atoms with E-state index in [-0.39, 0.29) is 0 Å². The van der Waals surface area contributed by atoms with Crippen molar-refractivity contribution in [3.8, 4) is 0 Å². The largest absolute Gasteiger partial charge is 0.383 e. The van der Waals surface area contributed by atoms with E-state index >= 15 is 0 Å². The third-order valence-corrected chi connectivity index (χ3v) is 2.34. The van der Waals surface area contributed by atoms with Gasteiger partial charge in [-0.1, -0.05) is 35.8 Å². The normalized spacial score (nSPS) is 10.7. The molecule has 0 aliphatic rings. The number of hydrogen-bond acceptors (Lipinski definition) is 2. The Hall–Kier alpha value is -0.540. The lowest BCUT2D eigenvalue weighted by Gasteiger charge is -2.09. The molecule has 0 atom stereocenters. The van der Waals surface area contributed by atoms with Gasteiger partial charge in [0.2, 0.25) is 0 Å². The summed E-state index contributed by atoms with van der Waals surface area (Å²) in [6.07, 6.45) is 0. The number of rotatable bonds is 6. The van der Waals surface area contributed by atoms with Gasteiger partial charge in [0.25, 0.3) is 0 Å². The zero-order chi connectivity index (χ0) is 11.1. The first-order chi connectivity index (χ1) is 7.18. The van der Waals surface area contributed by atoms with E-state index in [9.17, 15) is 0 Å². The van der Waals surface area contributed by atoms with Crippen molar-refractivity contribution in [2.75, 3.05) is 25.1 Å². The van der Waals surface area contributed by atoms with Gasteiger partial charge >= 0.3 is 0 Å². The van der Waals surface area contributed by atoms with E-state index in [1.54, 1.807) is 0 Å². The molecule has 0 radical (unpaired) electrons. The number of ether oxygens (including phenoxy) is 1. The third-order valence-electron chi connectivity index (χ3n) is 1.85. The average molecular weight is 272 g/mol. The van der Waals surface area contributed by atoms with Crippen LogP contribution < -0.4 is 5.32 Å². The van der Waals surface area contributed by atoms with E-state index in [0.717, 1.165) is 29.9 Å². The van der Waals surface area contributed by atoms with Gasteiger partial charge in [0.15, 0.2) is 0 Å². The molecule has 0 bridgehead atoms. The molecule has 0 aliphatic carbocycles. The first-order valence-corrected chi connectivity index (χ1v) is 6.05. The second-order valence-electron chi connectivity index (χ2n) is 3.91. The number of anilines is 1. The van der Waals surface area contributed by atoms with Crippen molar-refractivity contribution in [2.45, 2.75) is 13.8 Å². The zero-order valence-electron chi connectivity index (χ0n) is 9.29. The highest BCUT2D eigenvalue weighted by atomic mass is 79.9. The van der Waals surface area contributed by atoms with E-state index in [0.29, 0.717) is 5.92 Å². The molecule has 0 amide bonds. The van der Waals surface area contributed by atoms with Crippen LogP contribution >= 0.6 is 15.9 Å². The van der Waals surface area contributed by atoms with Gasteiger partial charge < -0.3 is 10.1 Å². The van der Waals surface area contributed by atoms with Crippen molar-refractivity contribution >= 4 is 21.6 Å². The Morgan fingerprint density at radius 2 is 2.20 bits per heavy atom. The monoisotopic (exact) mass is 271 g/mol. The predicted molar refractivity (Wildman–Crippen MR) is 68.3 cm³/mol. The fraction of sp³-hybridized carbons (Fsp3) is 0.500. The fourth-order valence-corrected chi connectivity index (χ4v) is 1.58. The maximum Gasteiger partial charge on any atom is 0.0639 e. The van der Waals surface area contributed by atoms with E-state index in [1.807, 2.05) is 18.2 Å². The molecule has 0 aliphatic heterocycles. The molecule has 0 saturated heterocycles. The maximum atomic E-state index is 5.47. The summed E-state index contributed by atoms with van der Waals surface area (Å²) in [6, 6.07) is 8.14. The van der Waals surface area contributed by atoms with Crippen LogP contribution in [0.4, 0.5) is 5.69 Å². The molecule has 1 aromatic rings. The number of benzene rings is 1. The van der Waals surface area contributed by atoms with Crippen LogP contribution in [0.1, 0.15) is 13.8 Å². The van der Waals surface area contributed by atoms with Gasteiger partial charge in [0.05, 0.1) is 6.61 Å². The first-order valence-electron chi connectivity index (χ1n) is 5.25. The highest BCUT2D eigenvalue weighted by Crippen LogP contribution is 2.15. The van der Waals surface area contributed by atoms with Crippen molar-refractivity contribution in [1.29, 1.82) is 0 Å². The Labute approximate surface area is 100 Å². The van der Waals surface area contributed by atoms with Gasteiger partial charge in [-0.25, -0.2) is 0 Å². The summed E-state index contributed by atoms with van der Waals surface area (Å²) in [5.41, 5.74) is 1.12. The minimum absolute atomic E-state index is 0.607. The summed E-state index contributed by atoms with van der Waals surface area (Å²) >= 11 is 3.43. The Bertz CT molecular complexity index is 289. The van der Waals surface area contributed by atoms with Gasteiger partial charge in [-0.3, -0.25) is 0 Å². The number of hydrogen-bond donors (Lipinski definition) is 1. The molecule has 1 N–H and O–H groups in total. The van der Waals surface area contributed by atoms with Gasteiger partial charge in [-0.05, 0) is 24.1 Å². The van der Waals surface area contributed by atoms with Crippen molar-refractivity contribution in [1.82, 2.24) is 0 Å². The predicted octanol–water partition coefficient (Wildman–Crippen LogP) is 3.53. The van der Waals surface area contributed by atoms with E-state index in [2.05, 4.69) is 41.2 Å². The maximum absolute atomic E-state index is 5.47. The SMILES string of the molecule is CC(C)COCCNc1cccc(Br)c1. The van der Waals surface area contributed by atoms with Gasteiger partial charge in [-0.2, -0.15) is 0 Å². The van der Waals surface area contributed by atoms with E-state index in [4.69, 9.17) is 4.74 Å². The highest BCUT2D eigenvalue weighted by molar-refractivity contribution is 9.10. The van der Waals surface area contributed by atoms with Crippen LogP contribution in [0, 0.1) is 5.92 Å². The number of halogens is 1. The molecule has 0 aromatic heterocycles. The molecule has 1 aromatic carbocycles. The molecule has 2 nitrogen and oxygen atoms in total. The van der Waals surface area contributed by atoms with Crippen LogP contribution in [0.2, 0.25) is 0 Å². The quantitative estimate of drug-likeness (QED) is 0.800. The van der Waals surface area contributed by atoms with E-state index in [1.165, 1.54) is 0 Å². The van der Waals surface area contributed by atoms with Crippen LogP contribution in [0.15, 0.2) is 28.7 Å². The van der Waals surface area contributed by atoms with Crippen LogP contribution in [0.3, 0.4) is 0 Å². The lowest BCUT2D eigenvalue weighted by atomic mass is 10.2. The van der Waals surface area contributed by atoms with Gasteiger partial charge in [-0.15, -0.1) is 0 Å². The van der Waals surface area contributed by atoms with Crippen LogP contribution in [0.5, 0.6) is 0 Å². The molecule has 0 fully saturated rings. The highest BCUT2D eigenvalue weighted by Gasteiger charge is 1.94. The van der Waals surface area contributed by atoms with Crippen molar-refractivity contribution in [2.24, 2.45) is 5.92 Å². The Kier molecular flexibility index (Phi) is 5.73. The average Bonchev–Trinajstić information content (AvgIpc) is 2.17. The first kappa shape index (κ1) is 12.5.